The van der Waals surface area contributed by atoms with Crippen molar-refractivity contribution < 1.29 is 0 Å². The van der Waals surface area contributed by atoms with E-state index < -0.39 is 0 Å². The van der Waals surface area contributed by atoms with Crippen LogP contribution in [0.15, 0.2) is 42.5 Å². The summed E-state index contributed by atoms with van der Waals surface area (Å²) < 4.78 is 0. The zero-order valence-corrected chi connectivity index (χ0v) is 13.3. The molecule has 1 heterocycles. The molecule has 4 heteroatoms. The summed E-state index contributed by atoms with van der Waals surface area (Å²) in [6.07, 6.45) is 2.10. The lowest BCUT2D eigenvalue weighted by Gasteiger charge is -2.11. The van der Waals surface area contributed by atoms with Crippen molar-refractivity contribution in [2.45, 2.75) is 26.7 Å². The van der Waals surface area contributed by atoms with E-state index in [1.807, 2.05) is 25.1 Å². The summed E-state index contributed by atoms with van der Waals surface area (Å²) in [4.78, 5) is 4.41. The molecular formula is C17H21N3S. The summed E-state index contributed by atoms with van der Waals surface area (Å²) in [5, 5.41) is 6.98. The number of pyridine rings is 1. The second-order valence-corrected chi connectivity index (χ2v) is 5.55. The van der Waals surface area contributed by atoms with Gasteiger partial charge in [-0.05, 0) is 62.2 Å². The maximum atomic E-state index is 5.29. The van der Waals surface area contributed by atoms with E-state index in [1.165, 1.54) is 11.1 Å². The van der Waals surface area contributed by atoms with Gasteiger partial charge in [-0.1, -0.05) is 30.3 Å². The van der Waals surface area contributed by atoms with Gasteiger partial charge in [0.15, 0.2) is 5.11 Å². The zero-order valence-electron chi connectivity index (χ0n) is 12.5. The highest BCUT2D eigenvalue weighted by Gasteiger charge is 2.00. The number of benzene rings is 1. The van der Waals surface area contributed by atoms with Crippen LogP contribution in [-0.4, -0.2) is 16.6 Å². The molecule has 1 aromatic heterocycles. The smallest absolute Gasteiger partial charge is 0.171 e. The van der Waals surface area contributed by atoms with Gasteiger partial charge in [-0.25, -0.2) is 4.98 Å². The van der Waals surface area contributed by atoms with Crippen molar-refractivity contribution in [2.24, 2.45) is 0 Å². The predicted octanol–water partition coefficient (Wildman–Crippen LogP) is 3.62. The second kappa shape index (κ2) is 7.74. The fourth-order valence-corrected chi connectivity index (χ4v) is 2.41. The lowest BCUT2D eigenvalue weighted by Crippen LogP contribution is -2.29. The fourth-order valence-electron chi connectivity index (χ4n) is 2.21. The lowest BCUT2D eigenvalue weighted by molar-refractivity contribution is 0.777. The van der Waals surface area contributed by atoms with Gasteiger partial charge in [-0.3, -0.25) is 0 Å². The minimum Gasteiger partial charge on any atom is -0.362 e. The van der Waals surface area contributed by atoms with E-state index >= 15 is 0 Å². The van der Waals surface area contributed by atoms with E-state index in [9.17, 15) is 0 Å². The Morgan fingerprint density at radius 1 is 1.14 bits per heavy atom. The number of rotatable bonds is 5. The maximum absolute atomic E-state index is 5.29. The summed E-state index contributed by atoms with van der Waals surface area (Å²) in [7, 11) is 0. The van der Waals surface area contributed by atoms with Gasteiger partial charge in [0.05, 0.1) is 0 Å². The Morgan fingerprint density at radius 3 is 2.62 bits per heavy atom. The lowest BCUT2D eigenvalue weighted by atomic mass is 10.1. The number of thiocarbonyl (C=S) groups is 1. The molecule has 0 fully saturated rings. The van der Waals surface area contributed by atoms with Gasteiger partial charge < -0.3 is 10.6 Å². The number of nitrogens with one attached hydrogen (secondary N) is 2. The first-order valence-corrected chi connectivity index (χ1v) is 7.58. The Labute approximate surface area is 131 Å². The number of hydrogen-bond donors (Lipinski definition) is 2. The van der Waals surface area contributed by atoms with E-state index in [-0.39, 0.29) is 0 Å². The molecule has 2 N–H and O–H groups in total. The van der Waals surface area contributed by atoms with Crippen LogP contribution < -0.4 is 10.6 Å². The highest BCUT2D eigenvalue weighted by atomic mass is 32.1. The normalized spacial score (nSPS) is 10.2. The first kappa shape index (κ1) is 15.4. The molecule has 0 aliphatic heterocycles. The summed E-state index contributed by atoms with van der Waals surface area (Å²) in [5.74, 6) is 0.799. The minimum absolute atomic E-state index is 0.626. The van der Waals surface area contributed by atoms with E-state index in [2.05, 4.69) is 46.8 Å². The maximum Gasteiger partial charge on any atom is 0.171 e. The van der Waals surface area contributed by atoms with Gasteiger partial charge in [0.25, 0.3) is 0 Å². The molecule has 0 aliphatic carbocycles. The van der Waals surface area contributed by atoms with Crippen LogP contribution in [0.4, 0.5) is 5.82 Å². The molecule has 0 saturated heterocycles. The molecule has 0 amide bonds. The van der Waals surface area contributed by atoms with Gasteiger partial charge in [0, 0.05) is 12.2 Å². The first-order valence-electron chi connectivity index (χ1n) is 7.17. The minimum atomic E-state index is 0.626. The summed E-state index contributed by atoms with van der Waals surface area (Å²) in [5.41, 5.74) is 3.52. The van der Waals surface area contributed by atoms with E-state index in [4.69, 9.17) is 12.2 Å². The third kappa shape index (κ3) is 5.52. The van der Waals surface area contributed by atoms with Crippen LogP contribution in [0.1, 0.15) is 23.2 Å². The molecule has 2 aromatic rings. The van der Waals surface area contributed by atoms with Crippen LogP contribution >= 0.6 is 12.2 Å². The molecule has 0 spiro atoms. The van der Waals surface area contributed by atoms with Gasteiger partial charge in [-0.15, -0.1) is 0 Å². The Hall–Kier alpha value is -1.94. The molecule has 1 aromatic carbocycles. The summed E-state index contributed by atoms with van der Waals surface area (Å²) in [6, 6.07) is 14.5. The molecule has 0 unspecified atom stereocenters. The third-order valence-electron chi connectivity index (χ3n) is 3.11. The molecule has 3 nitrogen and oxygen atoms in total. The van der Waals surface area contributed by atoms with E-state index in [0.29, 0.717) is 5.11 Å². The van der Waals surface area contributed by atoms with Crippen molar-refractivity contribution in [2.75, 3.05) is 11.9 Å². The van der Waals surface area contributed by atoms with Crippen LogP contribution in [0, 0.1) is 13.8 Å². The zero-order chi connectivity index (χ0) is 15.1. The van der Waals surface area contributed by atoms with Gasteiger partial charge in [-0.2, -0.15) is 0 Å². The van der Waals surface area contributed by atoms with Crippen molar-refractivity contribution in [3.05, 3.63) is 59.3 Å². The number of anilines is 1. The molecule has 0 bridgehead atoms. The van der Waals surface area contributed by atoms with Crippen LogP contribution in [0.2, 0.25) is 0 Å². The molecule has 0 saturated carbocycles. The number of hydrogen-bond acceptors (Lipinski definition) is 2. The van der Waals surface area contributed by atoms with Crippen molar-refractivity contribution >= 4 is 23.1 Å². The SMILES string of the molecule is Cc1cc(C)nc(NC(=S)NCCCc2ccccc2)c1. The number of nitrogens with zero attached hydrogens (tertiary/aromatic N) is 1. The Bertz CT molecular complexity index is 576. The van der Waals surface area contributed by atoms with Crippen LogP contribution in [0.25, 0.3) is 0 Å². The average Bonchev–Trinajstić information content (AvgIpc) is 2.43. The average molecular weight is 299 g/mol. The summed E-state index contributed by atoms with van der Waals surface area (Å²) >= 11 is 5.29. The topological polar surface area (TPSA) is 37.0 Å². The van der Waals surface area contributed by atoms with Crippen molar-refractivity contribution in [3.8, 4) is 0 Å². The molecule has 0 aliphatic rings. The highest BCUT2D eigenvalue weighted by molar-refractivity contribution is 7.80. The van der Waals surface area contributed by atoms with Crippen LogP contribution in [0.5, 0.6) is 0 Å². The fraction of sp³-hybridized carbons (Fsp3) is 0.294. The molecule has 110 valence electrons. The van der Waals surface area contributed by atoms with E-state index in [1.54, 1.807) is 0 Å². The van der Waals surface area contributed by atoms with E-state index in [0.717, 1.165) is 30.9 Å². The Balaban J connectivity index is 1.72. The van der Waals surface area contributed by atoms with Crippen LogP contribution in [-0.2, 0) is 6.42 Å². The predicted molar refractivity (Wildman–Crippen MR) is 92.7 cm³/mol. The third-order valence-corrected chi connectivity index (χ3v) is 3.36. The quantitative estimate of drug-likeness (QED) is 0.653. The highest BCUT2D eigenvalue weighted by Crippen LogP contribution is 2.08. The number of aryl methyl sites for hydroxylation is 3. The van der Waals surface area contributed by atoms with Gasteiger partial charge in [0.2, 0.25) is 0 Å². The monoisotopic (exact) mass is 299 g/mol. The molecule has 21 heavy (non-hydrogen) atoms. The Morgan fingerprint density at radius 2 is 1.90 bits per heavy atom. The first-order chi connectivity index (χ1) is 10.1. The molecular weight excluding hydrogens is 278 g/mol. The number of aromatic nitrogens is 1. The molecule has 2 rings (SSSR count). The largest absolute Gasteiger partial charge is 0.362 e. The Kier molecular flexibility index (Phi) is 5.69. The van der Waals surface area contributed by atoms with Crippen LogP contribution in [0.3, 0.4) is 0 Å². The van der Waals surface area contributed by atoms with Crippen molar-refractivity contribution in [1.29, 1.82) is 0 Å². The van der Waals surface area contributed by atoms with Crippen molar-refractivity contribution in [1.82, 2.24) is 10.3 Å². The standard InChI is InChI=1S/C17H21N3S/c1-13-11-14(2)19-16(12-13)20-17(21)18-10-6-9-15-7-4-3-5-8-15/h3-5,7-8,11-12H,6,9-10H2,1-2H3,(H2,18,19,20,21). The molecule has 0 atom stereocenters. The molecule has 0 radical (unpaired) electrons. The summed E-state index contributed by atoms with van der Waals surface area (Å²) in [6.45, 7) is 4.89. The van der Waals surface area contributed by atoms with Gasteiger partial charge >= 0.3 is 0 Å². The second-order valence-electron chi connectivity index (χ2n) is 5.14. The van der Waals surface area contributed by atoms with Crippen molar-refractivity contribution in [3.63, 3.8) is 0 Å². The van der Waals surface area contributed by atoms with Gasteiger partial charge in [0.1, 0.15) is 5.82 Å².